The summed E-state index contributed by atoms with van der Waals surface area (Å²) in [7, 11) is 0. The summed E-state index contributed by atoms with van der Waals surface area (Å²) in [5, 5.41) is 5.25. The summed E-state index contributed by atoms with van der Waals surface area (Å²) in [4.78, 5) is 0. The summed E-state index contributed by atoms with van der Waals surface area (Å²) in [6.45, 7) is 4.68. The zero-order valence-electron chi connectivity index (χ0n) is 21.8. The highest BCUT2D eigenvalue weighted by Crippen LogP contribution is 2.38. The zero-order chi connectivity index (χ0) is 25.6. The molecule has 184 valence electrons. The lowest BCUT2D eigenvalue weighted by Gasteiger charge is -2.24. The smallest absolute Gasteiger partial charge is 0.0355 e. The van der Waals surface area contributed by atoms with Gasteiger partial charge in [0.25, 0.3) is 0 Å². The Bertz CT molecular complexity index is 1850. The molecule has 0 radical (unpaired) electrons. The van der Waals surface area contributed by atoms with E-state index in [0.29, 0.717) is 17.8 Å². The van der Waals surface area contributed by atoms with E-state index in [1.54, 1.807) is 0 Å². The molecule has 0 bridgehead atoms. The van der Waals surface area contributed by atoms with E-state index in [2.05, 4.69) is 141 Å². The first kappa shape index (κ1) is 23.2. The molecule has 5 aromatic carbocycles. The third kappa shape index (κ3) is 4.08. The van der Waals surface area contributed by atoms with Crippen LogP contribution in [0.4, 0.5) is 0 Å². The number of hydrogen-bond donors (Lipinski definition) is 0. The average Bonchev–Trinajstić information content (AvgIpc) is 3.25. The van der Waals surface area contributed by atoms with Gasteiger partial charge in [0.1, 0.15) is 0 Å². The van der Waals surface area contributed by atoms with Crippen molar-refractivity contribution < 1.29 is 0 Å². The fourth-order valence-corrected chi connectivity index (χ4v) is 7.01. The summed E-state index contributed by atoms with van der Waals surface area (Å²) in [5.41, 5.74) is 6.47. The molecule has 38 heavy (non-hydrogen) atoms. The van der Waals surface area contributed by atoms with E-state index in [1.807, 2.05) is 11.3 Å². The van der Waals surface area contributed by atoms with Crippen molar-refractivity contribution in [3.05, 3.63) is 133 Å². The lowest BCUT2D eigenvalue weighted by Crippen LogP contribution is -2.13. The largest absolute Gasteiger partial charge is 0.135 e. The average molecular weight is 507 g/mol. The molecule has 0 amide bonds. The van der Waals surface area contributed by atoms with Crippen LogP contribution in [0.3, 0.4) is 0 Å². The molecule has 0 saturated carbocycles. The molecule has 0 fully saturated rings. The molecule has 1 aliphatic carbocycles. The quantitative estimate of drug-likeness (QED) is 0.224. The fourth-order valence-electron chi connectivity index (χ4n) is 5.92. The van der Waals surface area contributed by atoms with E-state index in [0.717, 1.165) is 0 Å². The van der Waals surface area contributed by atoms with Crippen LogP contribution >= 0.6 is 11.3 Å². The second-order valence-electron chi connectivity index (χ2n) is 10.7. The molecule has 1 aromatic heterocycles. The first-order valence-corrected chi connectivity index (χ1v) is 14.4. The van der Waals surface area contributed by atoms with Gasteiger partial charge >= 0.3 is 0 Å². The third-order valence-electron chi connectivity index (χ3n) is 8.42. The van der Waals surface area contributed by atoms with Gasteiger partial charge in [0.2, 0.25) is 0 Å². The van der Waals surface area contributed by atoms with Crippen LogP contribution in [0.2, 0.25) is 0 Å². The van der Waals surface area contributed by atoms with Gasteiger partial charge in [-0.05, 0) is 80.8 Å². The normalized spacial score (nSPS) is 19.4. The van der Waals surface area contributed by atoms with Crippen molar-refractivity contribution in [2.75, 3.05) is 0 Å². The molecular formula is C37H30S. The second kappa shape index (κ2) is 9.42. The van der Waals surface area contributed by atoms with Crippen molar-refractivity contribution in [3.63, 3.8) is 0 Å². The maximum atomic E-state index is 2.36. The summed E-state index contributed by atoms with van der Waals surface area (Å²) in [5.74, 6) is 1.62. The van der Waals surface area contributed by atoms with Gasteiger partial charge in [-0.2, -0.15) is 0 Å². The molecule has 3 unspecified atom stereocenters. The van der Waals surface area contributed by atoms with E-state index in [1.165, 1.54) is 58.8 Å². The van der Waals surface area contributed by atoms with Crippen LogP contribution < -0.4 is 0 Å². The highest BCUT2D eigenvalue weighted by Gasteiger charge is 2.22. The van der Waals surface area contributed by atoms with Gasteiger partial charge in [0.05, 0.1) is 0 Å². The van der Waals surface area contributed by atoms with E-state index in [-0.39, 0.29) is 0 Å². The lowest BCUT2D eigenvalue weighted by molar-refractivity contribution is 0.422. The van der Waals surface area contributed by atoms with E-state index in [9.17, 15) is 0 Å². The van der Waals surface area contributed by atoms with Gasteiger partial charge in [-0.25, -0.2) is 0 Å². The summed E-state index contributed by atoms with van der Waals surface area (Å²) < 4.78 is 2.70. The van der Waals surface area contributed by atoms with Gasteiger partial charge in [-0.3, -0.25) is 0 Å². The van der Waals surface area contributed by atoms with Crippen molar-refractivity contribution in [3.8, 4) is 22.3 Å². The maximum absolute atomic E-state index is 2.36. The number of rotatable bonds is 3. The van der Waals surface area contributed by atoms with Crippen LogP contribution in [-0.2, 0) is 0 Å². The van der Waals surface area contributed by atoms with Crippen LogP contribution in [0.5, 0.6) is 0 Å². The van der Waals surface area contributed by atoms with Gasteiger partial charge in [-0.1, -0.05) is 111 Å². The minimum absolute atomic E-state index is 0.454. The first-order valence-electron chi connectivity index (χ1n) is 13.5. The Kier molecular flexibility index (Phi) is 5.75. The van der Waals surface area contributed by atoms with Gasteiger partial charge in [0.15, 0.2) is 0 Å². The van der Waals surface area contributed by atoms with Crippen LogP contribution in [-0.4, -0.2) is 0 Å². The van der Waals surface area contributed by atoms with Crippen LogP contribution in [0.1, 0.15) is 25.3 Å². The zero-order valence-corrected chi connectivity index (χ0v) is 22.6. The Morgan fingerprint density at radius 3 is 1.92 bits per heavy atom. The lowest BCUT2D eigenvalue weighted by atomic mass is 9.80. The third-order valence-corrected chi connectivity index (χ3v) is 9.57. The monoisotopic (exact) mass is 506 g/mol. The van der Waals surface area contributed by atoms with Crippen molar-refractivity contribution in [2.24, 2.45) is 11.8 Å². The van der Waals surface area contributed by atoms with E-state index >= 15 is 0 Å². The Hall–Kier alpha value is -3.94. The molecule has 1 heterocycles. The molecule has 3 atom stereocenters. The SMILES string of the molecule is CC1C=CC=CC(c2ccc(-c3ccc4cc(-c5ccc6sc7ccccc7c6c5)ccc4c3)cc2)C1C. The number of thiophene rings is 1. The van der Waals surface area contributed by atoms with E-state index < -0.39 is 0 Å². The van der Waals surface area contributed by atoms with Crippen molar-refractivity contribution >= 4 is 42.3 Å². The Morgan fingerprint density at radius 1 is 0.526 bits per heavy atom. The summed E-state index contributed by atoms with van der Waals surface area (Å²) >= 11 is 1.87. The molecule has 0 N–H and O–H groups in total. The predicted molar refractivity (Wildman–Crippen MR) is 167 cm³/mol. The first-order chi connectivity index (χ1) is 18.6. The molecule has 1 heteroatoms. The molecular weight excluding hydrogens is 476 g/mol. The van der Waals surface area contributed by atoms with Crippen LogP contribution in [0.25, 0.3) is 53.2 Å². The van der Waals surface area contributed by atoms with E-state index in [4.69, 9.17) is 0 Å². The van der Waals surface area contributed by atoms with Crippen LogP contribution in [0, 0.1) is 11.8 Å². The fraction of sp³-hybridized carbons (Fsp3) is 0.135. The van der Waals surface area contributed by atoms with Gasteiger partial charge in [-0.15, -0.1) is 11.3 Å². The molecule has 0 saturated heterocycles. The second-order valence-corrected chi connectivity index (χ2v) is 11.8. The molecule has 1 aliphatic rings. The number of benzene rings is 5. The molecule has 0 aliphatic heterocycles. The molecule has 0 nitrogen and oxygen atoms in total. The number of fused-ring (bicyclic) bond motifs is 4. The Balaban J connectivity index is 1.19. The standard InChI is InChI=1S/C37H30S/c1-24-7-3-4-8-33(25(24)2)27-13-11-26(12-14-27)28-15-16-30-22-31(18-17-29(30)21-28)32-19-20-37-35(23-32)34-9-5-6-10-36(34)38-37/h3-25,33H,1-2H3. The van der Waals surface area contributed by atoms with Crippen molar-refractivity contribution in [1.29, 1.82) is 0 Å². The van der Waals surface area contributed by atoms with Gasteiger partial charge < -0.3 is 0 Å². The minimum Gasteiger partial charge on any atom is -0.135 e. The van der Waals surface area contributed by atoms with Crippen LogP contribution in [0.15, 0.2) is 127 Å². The Morgan fingerprint density at radius 2 is 1.13 bits per heavy atom. The summed E-state index contributed by atoms with van der Waals surface area (Å²) in [6.07, 6.45) is 9.07. The number of hydrogen-bond acceptors (Lipinski definition) is 1. The topological polar surface area (TPSA) is 0 Å². The van der Waals surface area contributed by atoms with Gasteiger partial charge in [0, 0.05) is 26.1 Å². The molecule has 0 spiro atoms. The molecule has 7 rings (SSSR count). The highest BCUT2D eigenvalue weighted by molar-refractivity contribution is 7.25. The Labute approximate surface area is 228 Å². The predicted octanol–water partition coefficient (Wildman–Crippen LogP) is 11.0. The van der Waals surface area contributed by atoms with Crippen molar-refractivity contribution in [1.82, 2.24) is 0 Å². The minimum atomic E-state index is 0.454. The highest BCUT2D eigenvalue weighted by atomic mass is 32.1. The number of allylic oxidation sites excluding steroid dienone is 4. The maximum Gasteiger partial charge on any atom is 0.0355 e. The van der Waals surface area contributed by atoms with Crippen molar-refractivity contribution in [2.45, 2.75) is 19.8 Å². The molecule has 6 aromatic rings. The summed E-state index contributed by atoms with van der Waals surface area (Å²) in [6, 6.07) is 38.5.